The average molecular weight is 299 g/mol. The molecule has 0 aliphatic carbocycles. The van der Waals surface area contributed by atoms with Gasteiger partial charge in [-0.05, 0) is 23.1 Å². The highest BCUT2D eigenvalue weighted by molar-refractivity contribution is 9.10. The largest absolute Gasteiger partial charge is 0.300 e. The van der Waals surface area contributed by atoms with Gasteiger partial charge in [0.25, 0.3) is 0 Å². The molecule has 0 aliphatic rings. The molecule has 0 atom stereocenters. The minimum Gasteiger partial charge on any atom is -0.300 e. The highest BCUT2D eigenvalue weighted by Gasteiger charge is 2.12. The summed E-state index contributed by atoms with van der Waals surface area (Å²) in [5.74, 6) is 0.343. The Morgan fingerprint density at radius 2 is 1.71 bits per heavy atom. The fraction of sp³-hybridized carbons (Fsp3) is 0.533. The van der Waals surface area contributed by atoms with E-state index in [1.54, 1.807) is 0 Å². The Morgan fingerprint density at radius 1 is 1.18 bits per heavy atom. The third-order valence-electron chi connectivity index (χ3n) is 2.48. The summed E-state index contributed by atoms with van der Waals surface area (Å²) in [7, 11) is 0. The lowest BCUT2D eigenvalue weighted by Gasteiger charge is -2.18. The molecule has 0 spiro atoms. The molecular formula is C15H23BrO. The van der Waals surface area contributed by atoms with Crippen LogP contribution >= 0.6 is 15.9 Å². The van der Waals surface area contributed by atoms with E-state index in [9.17, 15) is 4.79 Å². The Morgan fingerprint density at radius 3 is 1.94 bits per heavy atom. The molecule has 0 aliphatic heterocycles. The second kappa shape index (κ2) is 7.65. The van der Waals surface area contributed by atoms with Crippen molar-refractivity contribution in [1.29, 1.82) is 0 Å². The van der Waals surface area contributed by atoms with E-state index < -0.39 is 0 Å². The molecule has 17 heavy (non-hydrogen) atoms. The topological polar surface area (TPSA) is 17.1 Å². The maximum atomic E-state index is 10.2. The molecule has 0 fully saturated rings. The van der Waals surface area contributed by atoms with Crippen LogP contribution in [-0.2, 0) is 10.2 Å². The Hall–Kier alpha value is -0.630. The predicted molar refractivity (Wildman–Crippen MR) is 78.4 cm³/mol. The van der Waals surface area contributed by atoms with Crippen LogP contribution in [0.2, 0.25) is 0 Å². The maximum absolute atomic E-state index is 10.2. The molecule has 1 aromatic carbocycles. The summed E-state index contributed by atoms with van der Waals surface area (Å²) in [5.41, 5.74) is 1.62. The van der Waals surface area contributed by atoms with Crippen LogP contribution in [0.5, 0.6) is 0 Å². The van der Waals surface area contributed by atoms with Crippen LogP contribution in [0.15, 0.2) is 28.7 Å². The minimum atomic E-state index is 0.254. The highest BCUT2D eigenvalue weighted by Crippen LogP contribution is 2.24. The molecule has 0 heterocycles. The smallest absolute Gasteiger partial charge is 0.132 e. The molecule has 2 heteroatoms. The molecule has 1 rings (SSSR count). The molecule has 0 unspecified atom stereocenters. The summed E-state index contributed by atoms with van der Waals surface area (Å²) in [4.78, 5) is 10.2. The molecule has 0 N–H and O–H groups in total. The Balaban J connectivity index is 0.000000366. The summed E-state index contributed by atoms with van der Waals surface area (Å²) < 4.78 is 1.16. The number of halogens is 1. The van der Waals surface area contributed by atoms with E-state index in [4.69, 9.17) is 0 Å². The molecule has 0 bridgehead atoms. The summed E-state index contributed by atoms with van der Waals surface area (Å²) in [6, 6.07) is 8.45. The molecular weight excluding hydrogens is 276 g/mol. The number of carbonyl (C=O) groups excluding carboxylic acids is 1. The standard InChI is InChI=1S/C10H13Br.C5H10O/c1-10(2,3)8-5-4-6-9(11)7-8;1-3-5(6)4-2/h4-7H,1-3H3;3-4H2,1-2H3. The van der Waals surface area contributed by atoms with E-state index in [2.05, 4.69) is 61.0 Å². The summed E-state index contributed by atoms with van der Waals surface area (Å²) in [6.07, 6.45) is 1.38. The van der Waals surface area contributed by atoms with Crippen molar-refractivity contribution in [3.8, 4) is 0 Å². The van der Waals surface area contributed by atoms with Gasteiger partial charge in [-0.3, -0.25) is 4.79 Å². The van der Waals surface area contributed by atoms with Crippen molar-refractivity contribution in [2.45, 2.75) is 52.9 Å². The van der Waals surface area contributed by atoms with Crippen LogP contribution in [0, 0.1) is 0 Å². The molecule has 0 saturated carbocycles. The summed E-state index contributed by atoms with van der Waals surface area (Å²) >= 11 is 3.45. The van der Waals surface area contributed by atoms with Crippen molar-refractivity contribution in [2.24, 2.45) is 0 Å². The Kier molecular flexibility index (Phi) is 7.37. The number of Topliss-reactive ketones (excluding diaryl/α,β-unsaturated/α-hetero) is 1. The van der Waals surface area contributed by atoms with E-state index in [1.807, 2.05) is 13.8 Å². The van der Waals surface area contributed by atoms with Crippen LogP contribution in [0.4, 0.5) is 0 Å². The monoisotopic (exact) mass is 298 g/mol. The minimum absolute atomic E-state index is 0.254. The Labute approximate surface area is 114 Å². The number of hydrogen-bond acceptors (Lipinski definition) is 1. The molecule has 0 aromatic heterocycles. The van der Waals surface area contributed by atoms with E-state index in [-0.39, 0.29) is 5.41 Å². The van der Waals surface area contributed by atoms with Gasteiger partial charge in [0.05, 0.1) is 0 Å². The van der Waals surface area contributed by atoms with Gasteiger partial charge in [-0.1, -0.05) is 62.7 Å². The lowest BCUT2D eigenvalue weighted by atomic mass is 9.87. The van der Waals surface area contributed by atoms with Crippen molar-refractivity contribution < 1.29 is 4.79 Å². The molecule has 0 radical (unpaired) electrons. The van der Waals surface area contributed by atoms with Crippen molar-refractivity contribution >= 4 is 21.7 Å². The fourth-order valence-electron chi connectivity index (χ4n) is 1.20. The van der Waals surface area contributed by atoms with E-state index in [0.29, 0.717) is 18.6 Å². The number of benzene rings is 1. The Bertz CT molecular complexity index is 344. The van der Waals surface area contributed by atoms with Crippen molar-refractivity contribution in [1.82, 2.24) is 0 Å². The number of rotatable bonds is 2. The van der Waals surface area contributed by atoms with Crippen LogP contribution in [0.1, 0.15) is 53.0 Å². The van der Waals surface area contributed by atoms with Gasteiger partial charge in [0.1, 0.15) is 5.78 Å². The van der Waals surface area contributed by atoms with Crippen LogP contribution in [-0.4, -0.2) is 5.78 Å². The van der Waals surface area contributed by atoms with Gasteiger partial charge in [0.2, 0.25) is 0 Å². The molecule has 0 saturated heterocycles. The van der Waals surface area contributed by atoms with Gasteiger partial charge in [-0.15, -0.1) is 0 Å². The first kappa shape index (κ1) is 16.4. The van der Waals surface area contributed by atoms with Gasteiger partial charge >= 0.3 is 0 Å². The number of hydrogen-bond donors (Lipinski definition) is 0. The highest BCUT2D eigenvalue weighted by atomic mass is 79.9. The second-order valence-electron chi connectivity index (χ2n) is 5.01. The van der Waals surface area contributed by atoms with Gasteiger partial charge in [-0.25, -0.2) is 0 Å². The summed E-state index contributed by atoms with van der Waals surface area (Å²) in [5, 5.41) is 0. The third kappa shape index (κ3) is 7.32. The first-order valence-corrected chi connectivity index (χ1v) is 6.88. The average Bonchev–Trinajstić information content (AvgIpc) is 2.28. The lowest BCUT2D eigenvalue weighted by Crippen LogP contribution is -2.10. The number of carbonyl (C=O) groups is 1. The van der Waals surface area contributed by atoms with Crippen molar-refractivity contribution in [2.75, 3.05) is 0 Å². The zero-order chi connectivity index (χ0) is 13.5. The van der Waals surface area contributed by atoms with Crippen LogP contribution in [0.3, 0.4) is 0 Å². The summed E-state index contributed by atoms with van der Waals surface area (Å²) in [6.45, 7) is 10.4. The van der Waals surface area contributed by atoms with Gasteiger partial charge in [0.15, 0.2) is 0 Å². The molecule has 96 valence electrons. The zero-order valence-corrected chi connectivity index (χ0v) is 13.1. The van der Waals surface area contributed by atoms with E-state index >= 15 is 0 Å². The first-order chi connectivity index (χ1) is 7.81. The van der Waals surface area contributed by atoms with Crippen LogP contribution in [0.25, 0.3) is 0 Å². The van der Waals surface area contributed by atoms with Gasteiger partial charge in [0, 0.05) is 17.3 Å². The van der Waals surface area contributed by atoms with E-state index in [1.165, 1.54) is 5.56 Å². The normalized spacial score (nSPS) is 10.5. The maximum Gasteiger partial charge on any atom is 0.132 e. The molecule has 1 aromatic rings. The van der Waals surface area contributed by atoms with Gasteiger partial charge < -0.3 is 0 Å². The zero-order valence-electron chi connectivity index (χ0n) is 11.5. The van der Waals surface area contributed by atoms with Crippen LogP contribution < -0.4 is 0 Å². The molecule has 0 amide bonds. The fourth-order valence-corrected chi connectivity index (χ4v) is 1.60. The SMILES string of the molecule is CC(C)(C)c1cccc(Br)c1.CCC(=O)CC. The lowest BCUT2D eigenvalue weighted by molar-refractivity contribution is -0.118. The molecule has 1 nitrogen and oxygen atoms in total. The van der Waals surface area contributed by atoms with E-state index in [0.717, 1.165) is 4.47 Å². The number of ketones is 1. The first-order valence-electron chi connectivity index (χ1n) is 6.09. The predicted octanol–water partition coefficient (Wildman–Crippen LogP) is 5.12. The van der Waals surface area contributed by atoms with Gasteiger partial charge in [-0.2, -0.15) is 0 Å². The van der Waals surface area contributed by atoms with Crippen molar-refractivity contribution in [3.05, 3.63) is 34.3 Å². The quantitative estimate of drug-likeness (QED) is 0.740. The second-order valence-corrected chi connectivity index (χ2v) is 5.92. The third-order valence-corrected chi connectivity index (χ3v) is 2.97. The van der Waals surface area contributed by atoms with Crippen molar-refractivity contribution in [3.63, 3.8) is 0 Å².